The van der Waals surface area contributed by atoms with Crippen LogP contribution in [-0.2, 0) is 0 Å². The molecule has 1 N–H and O–H groups in total. The van der Waals surface area contributed by atoms with Crippen LogP contribution in [0, 0.1) is 11.3 Å². The minimum Gasteiger partial charge on any atom is -0.386 e. The Morgan fingerprint density at radius 1 is 1.25 bits per heavy atom. The number of hydrogen-bond acceptors (Lipinski definition) is 1. The first kappa shape index (κ1) is 11.9. The van der Waals surface area contributed by atoms with Crippen molar-refractivity contribution in [1.82, 2.24) is 0 Å². The molecule has 0 aromatic rings. The molecular formula is C15H24O. The van der Waals surface area contributed by atoms with Gasteiger partial charge in [0.05, 0.1) is 5.60 Å². The third-order valence-electron chi connectivity index (χ3n) is 4.39. The molecule has 16 heavy (non-hydrogen) atoms. The fourth-order valence-electron chi connectivity index (χ4n) is 3.26. The highest BCUT2D eigenvalue weighted by Gasteiger charge is 2.43. The first-order chi connectivity index (χ1) is 7.35. The second-order valence-corrected chi connectivity index (χ2v) is 6.31. The van der Waals surface area contributed by atoms with Gasteiger partial charge in [0.1, 0.15) is 0 Å². The molecule has 2 atom stereocenters. The highest BCUT2D eigenvalue weighted by atomic mass is 16.3. The van der Waals surface area contributed by atoms with E-state index < -0.39 is 5.60 Å². The zero-order valence-electron chi connectivity index (χ0n) is 11.0. The summed E-state index contributed by atoms with van der Waals surface area (Å²) in [6, 6.07) is 0. The molecule has 1 nitrogen and oxygen atoms in total. The predicted molar refractivity (Wildman–Crippen MR) is 68.2 cm³/mol. The SMILES string of the molecule is CC(C)C1=CC[C@]2(C)CCC[C@](C)(O)C2=C1. The first-order valence-corrected chi connectivity index (χ1v) is 6.50. The van der Waals surface area contributed by atoms with Crippen molar-refractivity contribution in [3.05, 3.63) is 23.3 Å². The molecule has 0 aromatic heterocycles. The number of rotatable bonds is 1. The third kappa shape index (κ3) is 1.86. The minimum absolute atomic E-state index is 0.208. The van der Waals surface area contributed by atoms with Crippen LogP contribution in [0.3, 0.4) is 0 Å². The van der Waals surface area contributed by atoms with E-state index in [1.54, 1.807) is 0 Å². The molecular weight excluding hydrogens is 196 g/mol. The highest BCUT2D eigenvalue weighted by molar-refractivity contribution is 5.39. The van der Waals surface area contributed by atoms with Gasteiger partial charge in [-0.15, -0.1) is 0 Å². The molecule has 90 valence electrons. The maximum Gasteiger partial charge on any atom is 0.0837 e. The number of hydrogen-bond donors (Lipinski definition) is 1. The predicted octanol–water partition coefficient (Wildman–Crippen LogP) is 3.84. The molecule has 1 saturated carbocycles. The fraction of sp³-hybridized carbons (Fsp3) is 0.733. The van der Waals surface area contributed by atoms with Crippen LogP contribution >= 0.6 is 0 Å². The molecule has 0 heterocycles. The fourth-order valence-corrected chi connectivity index (χ4v) is 3.26. The van der Waals surface area contributed by atoms with Crippen LogP contribution in [0.1, 0.15) is 53.4 Å². The Kier molecular flexibility index (Phi) is 2.78. The summed E-state index contributed by atoms with van der Waals surface area (Å²) in [5.41, 5.74) is 2.30. The van der Waals surface area contributed by atoms with Crippen molar-refractivity contribution in [2.24, 2.45) is 11.3 Å². The Morgan fingerprint density at radius 3 is 2.56 bits per heavy atom. The summed E-state index contributed by atoms with van der Waals surface area (Å²) in [5.74, 6) is 0.565. The second-order valence-electron chi connectivity index (χ2n) is 6.31. The van der Waals surface area contributed by atoms with Crippen LogP contribution in [0.4, 0.5) is 0 Å². The van der Waals surface area contributed by atoms with Crippen LogP contribution in [0.5, 0.6) is 0 Å². The molecule has 0 spiro atoms. The van der Waals surface area contributed by atoms with Crippen molar-refractivity contribution in [2.75, 3.05) is 0 Å². The van der Waals surface area contributed by atoms with Crippen LogP contribution in [0.15, 0.2) is 23.3 Å². The van der Waals surface area contributed by atoms with Gasteiger partial charge in [-0.3, -0.25) is 0 Å². The quantitative estimate of drug-likeness (QED) is 0.712. The van der Waals surface area contributed by atoms with Crippen LogP contribution < -0.4 is 0 Å². The van der Waals surface area contributed by atoms with Crippen LogP contribution in [0.25, 0.3) is 0 Å². The standard InChI is InChI=1S/C15H24O/c1-11(2)12-6-9-14(3)7-5-8-15(4,16)13(14)10-12/h6,10-11,16H,5,7-9H2,1-4H3/t14-,15-/m0/s1. The van der Waals surface area contributed by atoms with Gasteiger partial charge in [0.2, 0.25) is 0 Å². The molecule has 2 rings (SSSR count). The molecule has 2 aliphatic rings. The number of fused-ring (bicyclic) bond motifs is 1. The molecule has 0 amide bonds. The smallest absolute Gasteiger partial charge is 0.0837 e. The molecule has 1 fully saturated rings. The van der Waals surface area contributed by atoms with E-state index in [0.717, 1.165) is 19.3 Å². The molecule has 0 saturated heterocycles. The maximum absolute atomic E-state index is 10.5. The molecule has 1 heteroatoms. The Labute approximate surface area is 99.3 Å². The van der Waals surface area contributed by atoms with E-state index in [1.165, 1.54) is 17.6 Å². The van der Waals surface area contributed by atoms with Gasteiger partial charge in [0.25, 0.3) is 0 Å². The molecule has 0 aromatic carbocycles. The average molecular weight is 220 g/mol. The summed E-state index contributed by atoms with van der Waals surface area (Å²) in [6.45, 7) is 8.74. The zero-order chi connectivity index (χ0) is 12.0. The number of allylic oxidation sites excluding steroid dienone is 3. The van der Waals surface area contributed by atoms with E-state index in [4.69, 9.17) is 0 Å². The van der Waals surface area contributed by atoms with Crippen LogP contribution in [0.2, 0.25) is 0 Å². The van der Waals surface area contributed by atoms with Gasteiger partial charge < -0.3 is 5.11 Å². The average Bonchev–Trinajstić information content (AvgIpc) is 2.15. The Hall–Kier alpha value is -0.560. The van der Waals surface area contributed by atoms with Crippen molar-refractivity contribution in [1.29, 1.82) is 0 Å². The lowest BCUT2D eigenvalue weighted by atomic mass is 9.61. The summed E-state index contributed by atoms with van der Waals surface area (Å²) >= 11 is 0. The first-order valence-electron chi connectivity index (χ1n) is 6.50. The normalized spacial score (nSPS) is 39.1. The van der Waals surface area contributed by atoms with Gasteiger partial charge in [0, 0.05) is 0 Å². The third-order valence-corrected chi connectivity index (χ3v) is 4.39. The van der Waals surface area contributed by atoms with Crippen molar-refractivity contribution < 1.29 is 5.11 Å². The van der Waals surface area contributed by atoms with Gasteiger partial charge in [0.15, 0.2) is 0 Å². The highest BCUT2D eigenvalue weighted by Crippen LogP contribution is 2.51. The summed E-state index contributed by atoms with van der Waals surface area (Å²) < 4.78 is 0. The Bertz CT molecular complexity index is 346. The molecule has 0 unspecified atom stereocenters. The topological polar surface area (TPSA) is 20.2 Å². The van der Waals surface area contributed by atoms with Gasteiger partial charge >= 0.3 is 0 Å². The van der Waals surface area contributed by atoms with Gasteiger partial charge in [-0.05, 0) is 55.1 Å². The molecule has 0 aliphatic heterocycles. The lowest BCUT2D eigenvalue weighted by molar-refractivity contribution is 0.0345. The van der Waals surface area contributed by atoms with Crippen molar-refractivity contribution >= 4 is 0 Å². The van der Waals surface area contributed by atoms with Crippen LogP contribution in [-0.4, -0.2) is 10.7 Å². The minimum atomic E-state index is -0.582. The lowest BCUT2D eigenvalue weighted by Crippen LogP contribution is -2.42. The molecule has 0 bridgehead atoms. The summed E-state index contributed by atoms with van der Waals surface area (Å²) in [7, 11) is 0. The van der Waals surface area contributed by atoms with E-state index in [0.29, 0.717) is 5.92 Å². The molecule has 2 aliphatic carbocycles. The zero-order valence-corrected chi connectivity index (χ0v) is 11.0. The van der Waals surface area contributed by atoms with Crippen molar-refractivity contribution in [3.63, 3.8) is 0 Å². The van der Waals surface area contributed by atoms with Gasteiger partial charge in [-0.1, -0.05) is 32.9 Å². The van der Waals surface area contributed by atoms with Gasteiger partial charge in [-0.2, -0.15) is 0 Å². The van der Waals surface area contributed by atoms with E-state index in [-0.39, 0.29) is 5.41 Å². The van der Waals surface area contributed by atoms with E-state index in [2.05, 4.69) is 32.9 Å². The Morgan fingerprint density at radius 2 is 1.94 bits per heavy atom. The second kappa shape index (κ2) is 3.73. The summed E-state index contributed by atoms with van der Waals surface area (Å²) in [6.07, 6.45) is 9.02. The van der Waals surface area contributed by atoms with Crippen molar-refractivity contribution in [3.8, 4) is 0 Å². The monoisotopic (exact) mass is 220 g/mol. The summed E-state index contributed by atoms with van der Waals surface area (Å²) in [4.78, 5) is 0. The largest absolute Gasteiger partial charge is 0.386 e. The van der Waals surface area contributed by atoms with E-state index >= 15 is 0 Å². The Balaban J connectivity index is 2.40. The number of aliphatic hydroxyl groups is 1. The van der Waals surface area contributed by atoms with Gasteiger partial charge in [-0.25, -0.2) is 0 Å². The summed E-state index contributed by atoms with van der Waals surface area (Å²) in [5, 5.41) is 10.5. The van der Waals surface area contributed by atoms with E-state index in [1.807, 2.05) is 6.92 Å². The molecule has 0 radical (unpaired) electrons. The van der Waals surface area contributed by atoms with E-state index in [9.17, 15) is 5.11 Å². The maximum atomic E-state index is 10.5. The lowest BCUT2D eigenvalue weighted by Gasteiger charge is -2.46. The van der Waals surface area contributed by atoms with Crippen molar-refractivity contribution in [2.45, 2.75) is 59.0 Å².